The minimum absolute atomic E-state index is 0.584. The van der Waals surface area contributed by atoms with Crippen molar-refractivity contribution in [2.75, 3.05) is 5.75 Å². The zero-order chi connectivity index (χ0) is 7.40. The SMILES string of the molecule is CCSc1ccc([NH])cc1. The lowest BCUT2D eigenvalue weighted by molar-refractivity contribution is 1.39. The molecule has 2 heteroatoms. The highest BCUT2D eigenvalue weighted by Crippen LogP contribution is 2.18. The van der Waals surface area contributed by atoms with E-state index in [4.69, 9.17) is 5.73 Å². The fraction of sp³-hybridized carbons (Fsp3) is 0.250. The number of benzene rings is 1. The fourth-order valence-corrected chi connectivity index (χ4v) is 1.38. The predicted molar refractivity (Wildman–Crippen MR) is 45.6 cm³/mol. The van der Waals surface area contributed by atoms with Gasteiger partial charge in [0.25, 0.3) is 0 Å². The Morgan fingerprint density at radius 3 is 2.40 bits per heavy atom. The Kier molecular flexibility index (Phi) is 2.63. The molecule has 0 saturated carbocycles. The van der Waals surface area contributed by atoms with Crippen molar-refractivity contribution in [3.05, 3.63) is 24.3 Å². The first-order valence-electron chi connectivity index (χ1n) is 3.27. The molecule has 0 aliphatic heterocycles. The number of hydrogen-bond donors (Lipinski definition) is 0. The van der Waals surface area contributed by atoms with E-state index in [1.807, 2.05) is 24.3 Å². The molecule has 0 aromatic heterocycles. The van der Waals surface area contributed by atoms with Crippen LogP contribution in [0.5, 0.6) is 0 Å². The molecule has 0 aliphatic carbocycles. The van der Waals surface area contributed by atoms with E-state index in [1.165, 1.54) is 4.90 Å². The quantitative estimate of drug-likeness (QED) is 0.598. The minimum atomic E-state index is 0.584. The van der Waals surface area contributed by atoms with E-state index >= 15 is 0 Å². The van der Waals surface area contributed by atoms with Crippen molar-refractivity contribution in [3.63, 3.8) is 0 Å². The summed E-state index contributed by atoms with van der Waals surface area (Å²) in [4.78, 5) is 1.25. The van der Waals surface area contributed by atoms with Gasteiger partial charge in [0.1, 0.15) is 0 Å². The average molecular weight is 152 g/mol. The molecule has 1 aromatic rings. The number of nitrogens with one attached hydrogen (secondary N) is 1. The first kappa shape index (κ1) is 7.48. The van der Waals surface area contributed by atoms with Gasteiger partial charge in [-0.15, -0.1) is 11.8 Å². The summed E-state index contributed by atoms with van der Waals surface area (Å²) >= 11 is 1.80. The lowest BCUT2D eigenvalue weighted by Crippen LogP contribution is -1.72. The van der Waals surface area contributed by atoms with Crippen molar-refractivity contribution >= 4 is 17.4 Å². The molecule has 0 fully saturated rings. The van der Waals surface area contributed by atoms with Crippen molar-refractivity contribution in [2.24, 2.45) is 0 Å². The minimum Gasteiger partial charge on any atom is -0.301 e. The largest absolute Gasteiger partial charge is 0.301 e. The van der Waals surface area contributed by atoms with E-state index in [9.17, 15) is 0 Å². The molecule has 0 saturated heterocycles. The fourth-order valence-electron chi connectivity index (χ4n) is 0.718. The van der Waals surface area contributed by atoms with Crippen molar-refractivity contribution < 1.29 is 0 Å². The molecule has 1 rings (SSSR count). The molecule has 1 N–H and O–H groups in total. The highest BCUT2D eigenvalue weighted by atomic mass is 32.2. The van der Waals surface area contributed by atoms with Crippen LogP contribution in [-0.4, -0.2) is 5.75 Å². The summed E-state index contributed by atoms with van der Waals surface area (Å²) < 4.78 is 0. The zero-order valence-electron chi connectivity index (χ0n) is 5.92. The lowest BCUT2D eigenvalue weighted by atomic mass is 10.3. The van der Waals surface area contributed by atoms with Gasteiger partial charge < -0.3 is 5.73 Å². The second kappa shape index (κ2) is 3.52. The Labute approximate surface area is 65.6 Å². The number of hydrogen-bond acceptors (Lipinski definition) is 1. The molecule has 1 aromatic carbocycles. The van der Waals surface area contributed by atoms with E-state index in [1.54, 1.807) is 11.8 Å². The Bertz CT molecular complexity index is 193. The summed E-state index contributed by atoms with van der Waals surface area (Å²) in [5.74, 6) is 1.09. The molecule has 0 aliphatic rings. The smallest absolute Gasteiger partial charge is 0.0540 e. The third-order valence-corrected chi connectivity index (χ3v) is 2.06. The molecular formula is C8H10NS. The molecule has 0 atom stereocenters. The van der Waals surface area contributed by atoms with Gasteiger partial charge >= 0.3 is 0 Å². The van der Waals surface area contributed by atoms with E-state index in [2.05, 4.69) is 6.92 Å². The Morgan fingerprint density at radius 1 is 1.30 bits per heavy atom. The first-order valence-corrected chi connectivity index (χ1v) is 4.26. The molecule has 0 amide bonds. The Hall–Kier alpha value is -0.630. The standard InChI is InChI=1S/C8H10NS/c1-2-10-8-5-3-7(9)4-6-8/h3-6,9H,2H2,1H3. The van der Waals surface area contributed by atoms with Gasteiger partial charge in [0.2, 0.25) is 0 Å². The summed E-state index contributed by atoms with van der Waals surface area (Å²) in [7, 11) is 0. The van der Waals surface area contributed by atoms with Crippen LogP contribution in [0, 0.1) is 0 Å². The number of thioether (sulfide) groups is 1. The van der Waals surface area contributed by atoms with E-state index < -0.39 is 0 Å². The predicted octanol–water partition coefficient (Wildman–Crippen LogP) is 2.71. The molecule has 1 radical (unpaired) electrons. The number of rotatable bonds is 2. The topological polar surface area (TPSA) is 23.8 Å². The van der Waals surface area contributed by atoms with Gasteiger partial charge in [0.15, 0.2) is 0 Å². The van der Waals surface area contributed by atoms with E-state index in [0.717, 1.165) is 5.75 Å². The Balaban J connectivity index is 2.69. The maximum Gasteiger partial charge on any atom is 0.0540 e. The van der Waals surface area contributed by atoms with Crippen LogP contribution in [0.25, 0.3) is 0 Å². The summed E-state index contributed by atoms with van der Waals surface area (Å²) in [5, 5.41) is 0. The van der Waals surface area contributed by atoms with Gasteiger partial charge in [-0.05, 0) is 30.0 Å². The summed E-state index contributed by atoms with van der Waals surface area (Å²) in [5.41, 5.74) is 7.80. The van der Waals surface area contributed by atoms with Gasteiger partial charge in [-0.3, -0.25) is 0 Å². The molecule has 0 unspecified atom stereocenters. The molecular weight excluding hydrogens is 142 g/mol. The van der Waals surface area contributed by atoms with Gasteiger partial charge in [0, 0.05) is 4.90 Å². The van der Waals surface area contributed by atoms with Crippen molar-refractivity contribution in [1.82, 2.24) is 5.73 Å². The molecule has 0 heterocycles. The normalized spacial score (nSPS) is 9.70. The summed E-state index contributed by atoms with van der Waals surface area (Å²) in [6.45, 7) is 2.12. The Morgan fingerprint density at radius 2 is 1.90 bits per heavy atom. The maximum absolute atomic E-state index is 7.21. The molecule has 0 spiro atoms. The van der Waals surface area contributed by atoms with Crippen molar-refractivity contribution in [1.29, 1.82) is 0 Å². The highest BCUT2D eigenvalue weighted by Gasteiger charge is 1.89. The van der Waals surface area contributed by atoms with Gasteiger partial charge in [-0.25, -0.2) is 0 Å². The van der Waals surface area contributed by atoms with Crippen molar-refractivity contribution in [3.8, 4) is 0 Å². The maximum atomic E-state index is 7.21. The van der Waals surface area contributed by atoms with Crippen LogP contribution in [0.15, 0.2) is 29.2 Å². The molecule has 53 valence electrons. The first-order chi connectivity index (χ1) is 4.83. The third-order valence-electron chi connectivity index (χ3n) is 1.17. The monoisotopic (exact) mass is 152 g/mol. The highest BCUT2D eigenvalue weighted by molar-refractivity contribution is 7.99. The average Bonchev–Trinajstić information content (AvgIpc) is 1.95. The van der Waals surface area contributed by atoms with Crippen LogP contribution >= 0.6 is 11.8 Å². The van der Waals surface area contributed by atoms with Gasteiger partial charge in [-0.2, -0.15) is 0 Å². The summed E-state index contributed by atoms with van der Waals surface area (Å²) in [6, 6.07) is 7.60. The second-order valence-electron chi connectivity index (χ2n) is 1.96. The van der Waals surface area contributed by atoms with E-state index in [0.29, 0.717) is 5.69 Å². The summed E-state index contributed by atoms with van der Waals surface area (Å²) in [6.07, 6.45) is 0. The van der Waals surface area contributed by atoms with Crippen LogP contribution in [-0.2, 0) is 0 Å². The van der Waals surface area contributed by atoms with Crippen LogP contribution in [0.1, 0.15) is 6.92 Å². The van der Waals surface area contributed by atoms with Crippen LogP contribution in [0.2, 0.25) is 0 Å². The zero-order valence-corrected chi connectivity index (χ0v) is 6.74. The molecule has 0 bridgehead atoms. The van der Waals surface area contributed by atoms with Crippen molar-refractivity contribution in [2.45, 2.75) is 11.8 Å². The van der Waals surface area contributed by atoms with Crippen LogP contribution in [0.3, 0.4) is 0 Å². The van der Waals surface area contributed by atoms with Gasteiger partial charge in [0.05, 0.1) is 5.69 Å². The third kappa shape index (κ3) is 1.95. The van der Waals surface area contributed by atoms with Crippen LogP contribution < -0.4 is 5.73 Å². The van der Waals surface area contributed by atoms with E-state index in [-0.39, 0.29) is 0 Å². The second-order valence-corrected chi connectivity index (χ2v) is 3.29. The van der Waals surface area contributed by atoms with Crippen LogP contribution in [0.4, 0.5) is 5.69 Å². The van der Waals surface area contributed by atoms with Gasteiger partial charge in [-0.1, -0.05) is 6.92 Å². The molecule has 1 nitrogen and oxygen atoms in total. The lowest BCUT2D eigenvalue weighted by Gasteiger charge is -1.96. The molecule has 10 heavy (non-hydrogen) atoms.